The molecule has 1 heterocycles. The zero-order chi connectivity index (χ0) is 21.0. The highest BCUT2D eigenvalue weighted by atomic mass is 16.2. The number of hydrogen-bond acceptors (Lipinski definition) is 2. The van der Waals surface area contributed by atoms with Gasteiger partial charge in [-0.1, -0.05) is 78.9 Å². The Balaban J connectivity index is 1.52. The quantitative estimate of drug-likeness (QED) is 0.646. The van der Waals surface area contributed by atoms with E-state index in [1.54, 1.807) is 4.90 Å². The summed E-state index contributed by atoms with van der Waals surface area (Å²) in [5.41, 5.74) is 2.14. The average Bonchev–Trinajstić information content (AvgIpc) is 2.78. The summed E-state index contributed by atoms with van der Waals surface area (Å²) in [4.78, 5) is 28.0. The highest BCUT2D eigenvalue weighted by Crippen LogP contribution is 2.35. The van der Waals surface area contributed by atoms with E-state index in [2.05, 4.69) is 29.6 Å². The lowest BCUT2D eigenvalue weighted by Gasteiger charge is -2.49. The molecule has 4 rings (SSSR count). The summed E-state index contributed by atoms with van der Waals surface area (Å²) in [5, 5.41) is 2.95. The van der Waals surface area contributed by atoms with Crippen LogP contribution in [0, 0.1) is 0 Å². The third kappa shape index (κ3) is 3.99. The van der Waals surface area contributed by atoms with Gasteiger partial charge in [0.25, 0.3) is 0 Å². The Morgan fingerprint density at radius 2 is 1.37 bits per heavy atom. The standard InChI is InChI=1S/C26H26N2O2/c1-26(25(30)27-22-15-9-4-10-16-22)17-18-28(26)24(29)19-23(20-11-5-2-6-12-20)21-13-7-3-8-14-21/h2-16,23H,17-19H2,1H3,(H,27,30). The van der Waals surface area contributed by atoms with Gasteiger partial charge in [-0.15, -0.1) is 0 Å². The minimum absolute atomic E-state index is 0.00432. The fourth-order valence-electron chi connectivity index (χ4n) is 4.07. The molecule has 4 heteroatoms. The van der Waals surface area contributed by atoms with Crippen molar-refractivity contribution in [2.45, 2.75) is 31.2 Å². The van der Waals surface area contributed by atoms with Crippen molar-refractivity contribution in [1.29, 1.82) is 0 Å². The predicted molar refractivity (Wildman–Crippen MR) is 119 cm³/mol. The SMILES string of the molecule is CC1(C(=O)Nc2ccccc2)CCN1C(=O)CC(c1ccccc1)c1ccccc1. The lowest BCUT2D eigenvalue weighted by atomic mass is 9.82. The fraction of sp³-hybridized carbons (Fsp3) is 0.231. The normalized spacial score (nSPS) is 18.0. The minimum Gasteiger partial charge on any atom is -0.328 e. The highest BCUT2D eigenvalue weighted by Gasteiger charge is 2.49. The van der Waals surface area contributed by atoms with Crippen LogP contribution in [-0.2, 0) is 9.59 Å². The van der Waals surface area contributed by atoms with E-state index in [-0.39, 0.29) is 17.7 Å². The Morgan fingerprint density at radius 3 is 1.83 bits per heavy atom. The van der Waals surface area contributed by atoms with E-state index in [4.69, 9.17) is 0 Å². The largest absolute Gasteiger partial charge is 0.328 e. The van der Waals surface area contributed by atoms with Gasteiger partial charge in [-0.25, -0.2) is 0 Å². The molecule has 0 radical (unpaired) electrons. The number of benzene rings is 3. The molecule has 1 unspecified atom stereocenters. The van der Waals surface area contributed by atoms with Gasteiger partial charge in [-0.2, -0.15) is 0 Å². The van der Waals surface area contributed by atoms with Gasteiger partial charge in [0.15, 0.2) is 0 Å². The van der Waals surface area contributed by atoms with Gasteiger partial charge >= 0.3 is 0 Å². The Labute approximate surface area is 177 Å². The molecule has 2 amide bonds. The van der Waals surface area contributed by atoms with Crippen molar-refractivity contribution in [3.8, 4) is 0 Å². The van der Waals surface area contributed by atoms with Crippen molar-refractivity contribution < 1.29 is 9.59 Å². The lowest BCUT2D eigenvalue weighted by molar-refractivity contribution is -0.154. The van der Waals surface area contributed by atoms with Crippen LogP contribution in [-0.4, -0.2) is 28.8 Å². The van der Waals surface area contributed by atoms with Crippen LogP contribution in [0.15, 0.2) is 91.0 Å². The number of anilines is 1. The number of para-hydroxylation sites is 1. The number of nitrogens with one attached hydrogen (secondary N) is 1. The van der Waals surface area contributed by atoms with Gasteiger partial charge in [0, 0.05) is 24.6 Å². The summed E-state index contributed by atoms with van der Waals surface area (Å²) in [7, 11) is 0. The van der Waals surface area contributed by atoms with Crippen molar-refractivity contribution in [3.05, 3.63) is 102 Å². The molecular formula is C26H26N2O2. The average molecular weight is 399 g/mol. The van der Waals surface area contributed by atoms with Gasteiger partial charge < -0.3 is 10.2 Å². The van der Waals surface area contributed by atoms with Crippen molar-refractivity contribution in [3.63, 3.8) is 0 Å². The van der Waals surface area contributed by atoms with Gasteiger partial charge in [-0.3, -0.25) is 9.59 Å². The van der Waals surface area contributed by atoms with Crippen LogP contribution in [0.5, 0.6) is 0 Å². The summed E-state index contributed by atoms with van der Waals surface area (Å²) in [6.07, 6.45) is 1.00. The molecule has 0 bridgehead atoms. The van der Waals surface area contributed by atoms with Gasteiger partial charge in [-0.05, 0) is 36.6 Å². The van der Waals surface area contributed by atoms with E-state index in [9.17, 15) is 9.59 Å². The molecule has 0 aromatic heterocycles. The number of carbonyl (C=O) groups is 2. The third-order valence-corrected chi connectivity index (χ3v) is 6.02. The molecule has 1 atom stereocenters. The molecule has 3 aromatic rings. The Hall–Kier alpha value is -3.40. The van der Waals surface area contributed by atoms with E-state index in [0.717, 1.165) is 16.8 Å². The topological polar surface area (TPSA) is 49.4 Å². The second-order valence-electron chi connectivity index (χ2n) is 7.97. The molecule has 30 heavy (non-hydrogen) atoms. The second kappa shape index (κ2) is 8.54. The van der Waals surface area contributed by atoms with E-state index >= 15 is 0 Å². The molecule has 1 N–H and O–H groups in total. The van der Waals surface area contributed by atoms with Crippen molar-refractivity contribution in [1.82, 2.24) is 4.90 Å². The zero-order valence-electron chi connectivity index (χ0n) is 17.1. The van der Waals surface area contributed by atoms with E-state index in [1.165, 1.54) is 0 Å². The number of rotatable bonds is 6. The van der Waals surface area contributed by atoms with Gasteiger partial charge in [0.2, 0.25) is 11.8 Å². The number of nitrogens with zero attached hydrogens (tertiary/aromatic N) is 1. The molecule has 1 aliphatic heterocycles. The first-order chi connectivity index (χ1) is 14.6. The van der Waals surface area contributed by atoms with E-state index in [1.807, 2.05) is 73.7 Å². The maximum atomic E-state index is 13.3. The molecule has 1 saturated heterocycles. The number of carbonyl (C=O) groups excluding carboxylic acids is 2. The van der Waals surface area contributed by atoms with Gasteiger partial charge in [0.05, 0.1) is 0 Å². The number of hydrogen-bond donors (Lipinski definition) is 1. The molecule has 152 valence electrons. The third-order valence-electron chi connectivity index (χ3n) is 6.02. The van der Waals surface area contributed by atoms with Crippen molar-refractivity contribution >= 4 is 17.5 Å². The van der Waals surface area contributed by atoms with Crippen LogP contribution >= 0.6 is 0 Å². The molecular weight excluding hydrogens is 372 g/mol. The molecule has 1 fully saturated rings. The molecule has 4 nitrogen and oxygen atoms in total. The van der Waals surface area contributed by atoms with Crippen LogP contribution in [0.25, 0.3) is 0 Å². The van der Waals surface area contributed by atoms with Crippen molar-refractivity contribution in [2.75, 3.05) is 11.9 Å². The minimum atomic E-state index is -0.815. The number of amides is 2. The van der Waals surface area contributed by atoms with Crippen LogP contribution in [0.3, 0.4) is 0 Å². The molecule has 3 aromatic carbocycles. The monoisotopic (exact) mass is 398 g/mol. The van der Waals surface area contributed by atoms with E-state index in [0.29, 0.717) is 19.4 Å². The maximum absolute atomic E-state index is 13.3. The first kappa shape index (κ1) is 19.9. The van der Waals surface area contributed by atoms with Crippen LogP contribution in [0.2, 0.25) is 0 Å². The smallest absolute Gasteiger partial charge is 0.250 e. The molecule has 0 aliphatic carbocycles. The summed E-state index contributed by atoms with van der Waals surface area (Å²) < 4.78 is 0. The highest BCUT2D eigenvalue weighted by molar-refractivity contribution is 6.01. The summed E-state index contributed by atoms with van der Waals surface area (Å²) in [5.74, 6) is -0.170. The second-order valence-corrected chi connectivity index (χ2v) is 7.97. The summed E-state index contributed by atoms with van der Waals surface area (Å²) in [6.45, 7) is 2.46. The van der Waals surface area contributed by atoms with Gasteiger partial charge in [0.1, 0.15) is 5.54 Å². The maximum Gasteiger partial charge on any atom is 0.250 e. The summed E-state index contributed by atoms with van der Waals surface area (Å²) in [6, 6.07) is 29.6. The van der Waals surface area contributed by atoms with Crippen LogP contribution in [0.1, 0.15) is 36.8 Å². The Bertz CT molecular complexity index is 965. The predicted octanol–water partition coefficient (Wildman–Crippen LogP) is 4.84. The molecule has 0 spiro atoms. The van der Waals surface area contributed by atoms with Crippen LogP contribution < -0.4 is 5.32 Å². The zero-order valence-corrected chi connectivity index (χ0v) is 17.1. The molecule has 0 saturated carbocycles. The van der Waals surface area contributed by atoms with E-state index < -0.39 is 5.54 Å². The van der Waals surface area contributed by atoms with Crippen molar-refractivity contribution in [2.24, 2.45) is 0 Å². The first-order valence-electron chi connectivity index (χ1n) is 10.3. The lowest BCUT2D eigenvalue weighted by Crippen LogP contribution is -2.66. The summed E-state index contributed by atoms with van der Waals surface area (Å²) >= 11 is 0. The number of likely N-dealkylation sites (tertiary alicyclic amines) is 1. The molecule has 1 aliphatic rings. The van der Waals surface area contributed by atoms with Crippen LogP contribution in [0.4, 0.5) is 5.69 Å². The first-order valence-corrected chi connectivity index (χ1v) is 10.3. The Morgan fingerprint density at radius 1 is 0.867 bits per heavy atom. The Kier molecular flexibility index (Phi) is 5.66. The fourth-order valence-corrected chi connectivity index (χ4v) is 4.07.